The Balaban J connectivity index is 1.14. The molecule has 0 saturated carbocycles. The first kappa shape index (κ1) is 31.4. The summed E-state index contributed by atoms with van der Waals surface area (Å²) < 4.78 is 0. The molecule has 4 nitrogen and oxygen atoms in total. The Bertz CT molecular complexity index is 2910. The van der Waals surface area contributed by atoms with Crippen LogP contribution in [0.2, 0.25) is 0 Å². The van der Waals surface area contributed by atoms with E-state index >= 15 is 0 Å². The summed E-state index contributed by atoms with van der Waals surface area (Å²) in [5.41, 5.74) is 11.8. The highest BCUT2D eigenvalue weighted by atomic mass is 14.9. The van der Waals surface area contributed by atoms with E-state index < -0.39 is 0 Å². The summed E-state index contributed by atoms with van der Waals surface area (Å²) >= 11 is 0. The number of pyridine rings is 2. The summed E-state index contributed by atoms with van der Waals surface area (Å²) in [6.45, 7) is 0. The van der Waals surface area contributed by atoms with Crippen molar-refractivity contribution in [2.75, 3.05) is 0 Å². The van der Waals surface area contributed by atoms with E-state index in [1.165, 1.54) is 27.1 Å². The number of aromatic nitrogens is 4. The molecule has 0 saturated heterocycles. The highest BCUT2D eigenvalue weighted by Crippen LogP contribution is 2.38. The van der Waals surface area contributed by atoms with Crippen molar-refractivity contribution in [3.8, 4) is 67.5 Å². The molecule has 0 amide bonds. The van der Waals surface area contributed by atoms with Crippen molar-refractivity contribution in [1.82, 2.24) is 19.9 Å². The fourth-order valence-corrected chi connectivity index (χ4v) is 7.45. The van der Waals surface area contributed by atoms with Crippen LogP contribution < -0.4 is 0 Å². The molecule has 0 aliphatic heterocycles. The molecule has 4 heteroatoms. The van der Waals surface area contributed by atoms with Gasteiger partial charge in [0.2, 0.25) is 0 Å². The van der Waals surface area contributed by atoms with Crippen LogP contribution in [0.4, 0.5) is 0 Å². The minimum atomic E-state index is 0.665. The lowest BCUT2D eigenvalue weighted by Gasteiger charge is -2.14. The van der Waals surface area contributed by atoms with Crippen LogP contribution in [-0.4, -0.2) is 19.9 Å². The lowest BCUT2D eigenvalue weighted by molar-refractivity contribution is 1.16. The van der Waals surface area contributed by atoms with Gasteiger partial charge >= 0.3 is 0 Å². The van der Waals surface area contributed by atoms with E-state index in [1.54, 1.807) is 0 Å². The lowest BCUT2D eigenvalue weighted by atomic mass is 9.93. The third-order valence-corrected chi connectivity index (χ3v) is 10.1. The smallest absolute Gasteiger partial charge is 0.160 e. The molecule has 3 aromatic heterocycles. The summed E-state index contributed by atoms with van der Waals surface area (Å²) in [6, 6.07) is 65.4. The summed E-state index contributed by atoms with van der Waals surface area (Å²) in [5, 5.41) is 5.87. The molecule has 0 aliphatic rings. The quantitative estimate of drug-likeness (QED) is 0.174. The molecule has 252 valence electrons. The van der Waals surface area contributed by atoms with Gasteiger partial charge in [-0.05, 0) is 68.6 Å². The van der Waals surface area contributed by atoms with Gasteiger partial charge in [0.25, 0.3) is 0 Å². The van der Waals surface area contributed by atoms with E-state index in [-0.39, 0.29) is 0 Å². The zero-order valence-corrected chi connectivity index (χ0v) is 29.3. The Morgan fingerprint density at radius 2 is 0.907 bits per heavy atom. The summed E-state index contributed by atoms with van der Waals surface area (Å²) in [4.78, 5) is 20.3. The third-order valence-electron chi connectivity index (χ3n) is 10.1. The molecule has 7 aromatic carbocycles. The second-order valence-corrected chi connectivity index (χ2v) is 13.5. The molecule has 0 unspecified atom stereocenters. The normalized spacial score (nSPS) is 11.3. The molecule has 0 bridgehead atoms. The fraction of sp³-hybridized carbons (Fsp3) is 0. The topological polar surface area (TPSA) is 51.6 Å². The maximum Gasteiger partial charge on any atom is 0.160 e. The number of fused-ring (bicyclic) bond motifs is 3. The van der Waals surface area contributed by atoms with Crippen LogP contribution in [0.15, 0.2) is 194 Å². The van der Waals surface area contributed by atoms with E-state index in [9.17, 15) is 0 Å². The minimum Gasteiger partial charge on any atom is -0.254 e. The molecule has 0 N–H and O–H groups in total. The summed E-state index contributed by atoms with van der Waals surface area (Å²) in [6.07, 6.45) is 1.97. The van der Waals surface area contributed by atoms with Crippen molar-refractivity contribution in [2.24, 2.45) is 0 Å². The van der Waals surface area contributed by atoms with Crippen LogP contribution in [0.3, 0.4) is 0 Å². The number of hydrogen-bond acceptors (Lipinski definition) is 4. The Hall–Kier alpha value is -7.30. The van der Waals surface area contributed by atoms with E-state index in [1.807, 2.05) is 60.8 Å². The molecule has 0 aliphatic carbocycles. The van der Waals surface area contributed by atoms with Crippen molar-refractivity contribution in [1.29, 1.82) is 0 Å². The maximum atomic E-state index is 5.28. The van der Waals surface area contributed by atoms with Crippen LogP contribution in [-0.2, 0) is 0 Å². The largest absolute Gasteiger partial charge is 0.254 e. The van der Waals surface area contributed by atoms with Crippen molar-refractivity contribution in [3.63, 3.8) is 0 Å². The molecular weight excluding hydrogens is 657 g/mol. The molecule has 10 aromatic rings. The van der Waals surface area contributed by atoms with E-state index in [2.05, 4.69) is 133 Å². The van der Waals surface area contributed by atoms with Gasteiger partial charge in [0, 0.05) is 33.8 Å². The SMILES string of the molecule is c1ccc(-c2cc(-c3ccc(-c4cc(-c5cccc6ccccc56)nc5ccc(-c6cccc7ccccc67)cc45)cn3)nc(-c3ccccc3)n2)cc1. The third kappa shape index (κ3) is 5.76. The van der Waals surface area contributed by atoms with Crippen molar-refractivity contribution in [2.45, 2.75) is 0 Å². The van der Waals surface area contributed by atoms with Crippen LogP contribution in [0.25, 0.3) is 100.0 Å². The zero-order valence-electron chi connectivity index (χ0n) is 29.3. The van der Waals surface area contributed by atoms with Crippen LogP contribution in [0.1, 0.15) is 0 Å². The highest BCUT2D eigenvalue weighted by molar-refractivity contribution is 6.04. The minimum absolute atomic E-state index is 0.665. The van der Waals surface area contributed by atoms with Gasteiger partial charge in [0.1, 0.15) is 0 Å². The number of nitrogens with zero attached hydrogens (tertiary/aromatic N) is 4. The molecular formula is C50H32N4. The second-order valence-electron chi connectivity index (χ2n) is 13.5. The predicted octanol–water partition coefficient (Wildman–Crippen LogP) is 12.7. The van der Waals surface area contributed by atoms with Crippen LogP contribution in [0.5, 0.6) is 0 Å². The lowest BCUT2D eigenvalue weighted by Crippen LogP contribution is -1.97. The van der Waals surface area contributed by atoms with Gasteiger partial charge in [-0.2, -0.15) is 0 Å². The van der Waals surface area contributed by atoms with Gasteiger partial charge in [-0.15, -0.1) is 0 Å². The molecule has 3 heterocycles. The Morgan fingerprint density at radius 3 is 1.63 bits per heavy atom. The van der Waals surface area contributed by atoms with Crippen molar-refractivity contribution < 1.29 is 0 Å². The maximum absolute atomic E-state index is 5.28. The van der Waals surface area contributed by atoms with Crippen LogP contribution in [0, 0.1) is 0 Å². The van der Waals surface area contributed by atoms with Gasteiger partial charge in [-0.25, -0.2) is 15.0 Å². The van der Waals surface area contributed by atoms with E-state index in [4.69, 9.17) is 19.9 Å². The van der Waals surface area contributed by atoms with E-state index in [0.717, 1.165) is 67.1 Å². The van der Waals surface area contributed by atoms with E-state index in [0.29, 0.717) is 5.82 Å². The first-order valence-corrected chi connectivity index (χ1v) is 18.1. The standard InChI is InChI=1S/C50H32N4/c1-3-15-35(16-4-1)47-31-49(54-50(53-47)36-17-5-2-6-18-36)46-28-26-38(32-51-46)43-30-48(42-24-12-20-34-14-8-10-22-40(34)42)52-45-27-25-37(29-44(43)45)41-23-11-19-33-13-7-9-21-39(33)41/h1-32H. The molecule has 0 radical (unpaired) electrons. The average molecular weight is 689 g/mol. The van der Waals surface area contributed by atoms with Gasteiger partial charge < -0.3 is 0 Å². The van der Waals surface area contributed by atoms with Gasteiger partial charge in [0.15, 0.2) is 5.82 Å². The number of benzene rings is 7. The zero-order chi connectivity index (χ0) is 35.8. The molecule has 0 spiro atoms. The average Bonchev–Trinajstić information content (AvgIpc) is 3.26. The summed E-state index contributed by atoms with van der Waals surface area (Å²) in [7, 11) is 0. The van der Waals surface area contributed by atoms with Crippen molar-refractivity contribution >= 4 is 32.4 Å². The Labute approximate surface area is 313 Å². The number of rotatable bonds is 6. The predicted molar refractivity (Wildman–Crippen MR) is 223 cm³/mol. The number of hydrogen-bond donors (Lipinski definition) is 0. The molecule has 10 rings (SSSR count). The summed E-state index contributed by atoms with van der Waals surface area (Å²) in [5.74, 6) is 0.665. The molecule has 0 atom stereocenters. The molecule has 0 fully saturated rings. The Morgan fingerprint density at radius 1 is 0.296 bits per heavy atom. The second kappa shape index (κ2) is 13.4. The highest BCUT2D eigenvalue weighted by Gasteiger charge is 2.16. The van der Waals surface area contributed by atoms with Crippen LogP contribution >= 0.6 is 0 Å². The van der Waals surface area contributed by atoms with Gasteiger partial charge in [-0.1, -0.05) is 158 Å². The van der Waals surface area contributed by atoms with Crippen molar-refractivity contribution in [3.05, 3.63) is 194 Å². The monoisotopic (exact) mass is 688 g/mol. The van der Waals surface area contributed by atoms with Gasteiger partial charge in [0.05, 0.1) is 28.3 Å². The Kier molecular flexibility index (Phi) is 7.77. The first-order valence-electron chi connectivity index (χ1n) is 18.1. The fourth-order valence-electron chi connectivity index (χ4n) is 7.45. The van der Waals surface area contributed by atoms with Gasteiger partial charge in [-0.3, -0.25) is 4.98 Å². The molecule has 54 heavy (non-hydrogen) atoms. The first-order chi connectivity index (χ1) is 26.7.